The maximum Gasteiger partial charge on any atom is 0.0568 e. The maximum atomic E-state index is 6.26. The second-order valence-electron chi connectivity index (χ2n) is 6.00. The largest absolute Gasteiger partial charge is 0.338 e. The molecular weight excluding hydrogens is 348 g/mol. The molecular formula is C21H19ClN2S. The van der Waals surface area contributed by atoms with Crippen LogP contribution in [0.25, 0.3) is 0 Å². The predicted octanol–water partition coefficient (Wildman–Crippen LogP) is 5.73. The second-order valence-corrected chi connectivity index (χ2v) is 7.52. The highest BCUT2D eigenvalue weighted by atomic mass is 35.5. The van der Waals surface area contributed by atoms with E-state index in [0.29, 0.717) is 0 Å². The van der Waals surface area contributed by atoms with Gasteiger partial charge in [-0.05, 0) is 35.9 Å². The van der Waals surface area contributed by atoms with Crippen LogP contribution >= 0.6 is 23.4 Å². The summed E-state index contributed by atoms with van der Waals surface area (Å²) in [5.41, 5.74) is 3.75. The molecule has 0 unspecified atom stereocenters. The van der Waals surface area contributed by atoms with Gasteiger partial charge in [-0.1, -0.05) is 65.8 Å². The van der Waals surface area contributed by atoms with Crippen molar-refractivity contribution in [2.45, 2.75) is 16.3 Å². The second kappa shape index (κ2) is 7.52. The van der Waals surface area contributed by atoms with Gasteiger partial charge in [-0.15, -0.1) is 0 Å². The van der Waals surface area contributed by atoms with Crippen LogP contribution < -0.4 is 10.2 Å². The average Bonchev–Trinajstić information content (AvgIpc) is 2.65. The molecule has 0 aliphatic carbocycles. The lowest BCUT2D eigenvalue weighted by Crippen LogP contribution is -2.30. The number of hydrogen-bond donors (Lipinski definition) is 1. The SMILES string of the molecule is Clc1ccc2c(c1)N(CCNCc1ccccc1)c1ccccc1S2. The van der Waals surface area contributed by atoms with Gasteiger partial charge in [-0.3, -0.25) is 0 Å². The van der Waals surface area contributed by atoms with E-state index in [1.807, 2.05) is 23.9 Å². The Kier molecular flexibility index (Phi) is 4.97. The molecule has 1 N–H and O–H groups in total. The van der Waals surface area contributed by atoms with Gasteiger partial charge in [0.1, 0.15) is 0 Å². The van der Waals surface area contributed by atoms with Crippen molar-refractivity contribution in [1.29, 1.82) is 0 Å². The van der Waals surface area contributed by atoms with Gasteiger partial charge in [0.15, 0.2) is 0 Å². The zero-order valence-corrected chi connectivity index (χ0v) is 15.4. The topological polar surface area (TPSA) is 15.3 Å². The zero-order valence-electron chi connectivity index (χ0n) is 13.8. The molecule has 0 bridgehead atoms. The first-order valence-corrected chi connectivity index (χ1v) is 9.59. The normalized spacial score (nSPS) is 12.6. The summed E-state index contributed by atoms with van der Waals surface area (Å²) < 4.78 is 0. The molecule has 0 saturated carbocycles. The molecule has 0 fully saturated rings. The Morgan fingerprint density at radius 1 is 0.840 bits per heavy atom. The molecule has 3 aromatic carbocycles. The quantitative estimate of drug-likeness (QED) is 0.580. The van der Waals surface area contributed by atoms with E-state index in [9.17, 15) is 0 Å². The van der Waals surface area contributed by atoms with Crippen LogP contribution in [0.4, 0.5) is 11.4 Å². The molecule has 126 valence electrons. The molecule has 1 aliphatic heterocycles. The third kappa shape index (κ3) is 3.69. The van der Waals surface area contributed by atoms with Crippen molar-refractivity contribution >= 4 is 34.7 Å². The molecule has 4 rings (SSSR count). The zero-order chi connectivity index (χ0) is 17.1. The predicted molar refractivity (Wildman–Crippen MR) is 107 cm³/mol. The summed E-state index contributed by atoms with van der Waals surface area (Å²) in [6, 6.07) is 25.2. The minimum atomic E-state index is 0.779. The first-order chi connectivity index (χ1) is 12.3. The number of halogens is 1. The average molecular weight is 367 g/mol. The van der Waals surface area contributed by atoms with Crippen molar-refractivity contribution in [2.75, 3.05) is 18.0 Å². The van der Waals surface area contributed by atoms with E-state index in [1.54, 1.807) is 0 Å². The lowest BCUT2D eigenvalue weighted by atomic mass is 10.2. The molecule has 0 spiro atoms. The van der Waals surface area contributed by atoms with Crippen molar-refractivity contribution in [2.24, 2.45) is 0 Å². The number of hydrogen-bond acceptors (Lipinski definition) is 3. The van der Waals surface area contributed by atoms with Gasteiger partial charge in [0, 0.05) is 34.4 Å². The van der Waals surface area contributed by atoms with Crippen LogP contribution in [0.15, 0.2) is 82.6 Å². The minimum absolute atomic E-state index is 0.779. The van der Waals surface area contributed by atoms with Crippen molar-refractivity contribution in [3.63, 3.8) is 0 Å². The molecule has 4 heteroatoms. The summed E-state index contributed by atoms with van der Waals surface area (Å²) in [5, 5.41) is 4.32. The van der Waals surface area contributed by atoms with Crippen LogP contribution in [0.5, 0.6) is 0 Å². The van der Waals surface area contributed by atoms with Crippen LogP contribution in [0.1, 0.15) is 5.56 Å². The summed E-state index contributed by atoms with van der Waals surface area (Å²) >= 11 is 8.07. The van der Waals surface area contributed by atoms with Gasteiger partial charge < -0.3 is 10.2 Å². The molecule has 0 amide bonds. The minimum Gasteiger partial charge on any atom is -0.338 e. The maximum absolute atomic E-state index is 6.26. The fourth-order valence-corrected chi connectivity index (χ4v) is 4.31. The highest BCUT2D eigenvalue weighted by molar-refractivity contribution is 7.99. The number of nitrogens with zero attached hydrogens (tertiary/aromatic N) is 1. The third-order valence-corrected chi connectivity index (χ3v) is 5.64. The van der Waals surface area contributed by atoms with Crippen LogP contribution in [0.2, 0.25) is 5.02 Å². The molecule has 1 aliphatic rings. The number of anilines is 2. The van der Waals surface area contributed by atoms with E-state index in [1.165, 1.54) is 26.7 Å². The summed E-state index contributed by atoms with van der Waals surface area (Å²) in [5.74, 6) is 0. The van der Waals surface area contributed by atoms with E-state index in [4.69, 9.17) is 11.6 Å². The van der Waals surface area contributed by atoms with E-state index in [2.05, 4.69) is 70.9 Å². The summed E-state index contributed by atoms with van der Waals surface area (Å²) in [6.07, 6.45) is 0. The molecule has 0 aromatic heterocycles. The number of fused-ring (bicyclic) bond motifs is 2. The Labute approximate surface area is 157 Å². The number of nitrogens with one attached hydrogen (secondary N) is 1. The Bertz CT molecular complexity index is 867. The van der Waals surface area contributed by atoms with Crippen LogP contribution in [-0.4, -0.2) is 13.1 Å². The van der Waals surface area contributed by atoms with Crippen LogP contribution in [-0.2, 0) is 6.54 Å². The number of rotatable bonds is 5. The lowest BCUT2D eigenvalue weighted by Gasteiger charge is -2.33. The number of para-hydroxylation sites is 1. The Morgan fingerprint density at radius 3 is 2.48 bits per heavy atom. The van der Waals surface area contributed by atoms with E-state index >= 15 is 0 Å². The van der Waals surface area contributed by atoms with Crippen LogP contribution in [0.3, 0.4) is 0 Å². The fourth-order valence-electron chi connectivity index (χ4n) is 3.06. The highest BCUT2D eigenvalue weighted by Gasteiger charge is 2.22. The van der Waals surface area contributed by atoms with E-state index in [0.717, 1.165) is 24.7 Å². The van der Waals surface area contributed by atoms with Crippen molar-refractivity contribution < 1.29 is 0 Å². The Hall–Kier alpha value is -1.94. The summed E-state index contributed by atoms with van der Waals surface area (Å²) in [4.78, 5) is 4.91. The molecule has 0 radical (unpaired) electrons. The molecule has 25 heavy (non-hydrogen) atoms. The van der Waals surface area contributed by atoms with E-state index in [-0.39, 0.29) is 0 Å². The Morgan fingerprint density at radius 2 is 1.60 bits per heavy atom. The Balaban J connectivity index is 1.51. The van der Waals surface area contributed by atoms with Crippen molar-refractivity contribution in [1.82, 2.24) is 5.32 Å². The molecule has 3 aromatic rings. The van der Waals surface area contributed by atoms with Gasteiger partial charge in [0.05, 0.1) is 11.4 Å². The highest BCUT2D eigenvalue weighted by Crippen LogP contribution is 2.48. The van der Waals surface area contributed by atoms with Gasteiger partial charge in [-0.2, -0.15) is 0 Å². The molecule has 2 nitrogen and oxygen atoms in total. The van der Waals surface area contributed by atoms with Gasteiger partial charge in [0.2, 0.25) is 0 Å². The molecule has 0 saturated heterocycles. The lowest BCUT2D eigenvalue weighted by molar-refractivity contribution is 0.684. The summed E-state index contributed by atoms with van der Waals surface area (Å²) in [7, 11) is 0. The van der Waals surface area contributed by atoms with Crippen molar-refractivity contribution in [3.8, 4) is 0 Å². The monoisotopic (exact) mass is 366 g/mol. The first-order valence-electron chi connectivity index (χ1n) is 8.40. The standard InChI is InChI=1S/C21H19ClN2S/c22-17-10-11-21-19(14-17)24(18-8-4-5-9-20(18)25-21)13-12-23-15-16-6-2-1-3-7-16/h1-11,14,23H,12-13,15H2. The summed E-state index contributed by atoms with van der Waals surface area (Å²) in [6.45, 7) is 2.69. The van der Waals surface area contributed by atoms with Crippen molar-refractivity contribution in [3.05, 3.63) is 83.4 Å². The molecule has 0 atom stereocenters. The van der Waals surface area contributed by atoms with Crippen LogP contribution in [0, 0.1) is 0 Å². The van der Waals surface area contributed by atoms with Gasteiger partial charge in [0.25, 0.3) is 0 Å². The van der Waals surface area contributed by atoms with E-state index < -0.39 is 0 Å². The first kappa shape index (κ1) is 16.5. The fraction of sp³-hybridized carbons (Fsp3) is 0.143. The van der Waals surface area contributed by atoms with Gasteiger partial charge >= 0.3 is 0 Å². The molecule has 1 heterocycles. The smallest absolute Gasteiger partial charge is 0.0568 e. The van der Waals surface area contributed by atoms with Gasteiger partial charge in [-0.25, -0.2) is 0 Å². The third-order valence-electron chi connectivity index (χ3n) is 4.27. The number of benzene rings is 3.